The highest BCUT2D eigenvalue weighted by Crippen LogP contribution is 1.93. The van der Waals surface area contributed by atoms with Gasteiger partial charge in [0.15, 0.2) is 5.78 Å². The molecule has 1 aromatic rings. The quantitative estimate of drug-likeness (QED) is 0.613. The molecule has 4 nitrogen and oxygen atoms in total. The van der Waals surface area contributed by atoms with E-state index < -0.39 is 0 Å². The van der Waals surface area contributed by atoms with Gasteiger partial charge in [-0.05, 0) is 13.1 Å². The Morgan fingerprint density at radius 1 is 1.82 bits per heavy atom. The first-order valence-electron chi connectivity index (χ1n) is 3.41. The van der Waals surface area contributed by atoms with Gasteiger partial charge < -0.3 is 5.32 Å². The highest BCUT2D eigenvalue weighted by Gasteiger charge is 2.05. The Kier molecular flexibility index (Phi) is 2.38. The van der Waals surface area contributed by atoms with Gasteiger partial charge in [-0.2, -0.15) is 5.10 Å². The van der Waals surface area contributed by atoms with Crippen LogP contribution in [0.1, 0.15) is 10.5 Å². The molecule has 1 rings (SSSR count). The zero-order chi connectivity index (χ0) is 8.27. The number of ketones is 1. The van der Waals surface area contributed by atoms with Gasteiger partial charge in [0.05, 0.1) is 6.54 Å². The lowest BCUT2D eigenvalue weighted by atomic mass is 10.3. The largest absolute Gasteiger partial charge is 0.313 e. The Bertz CT molecular complexity index is 254. The minimum Gasteiger partial charge on any atom is -0.313 e. The van der Waals surface area contributed by atoms with Crippen LogP contribution in [0.25, 0.3) is 0 Å². The Labute approximate surface area is 65.2 Å². The van der Waals surface area contributed by atoms with Gasteiger partial charge in [0, 0.05) is 13.2 Å². The van der Waals surface area contributed by atoms with Crippen molar-refractivity contribution in [1.82, 2.24) is 15.1 Å². The third kappa shape index (κ3) is 1.88. The van der Waals surface area contributed by atoms with Crippen LogP contribution in [-0.2, 0) is 7.05 Å². The molecule has 0 fully saturated rings. The molecular formula is C7H11N3O. The number of aryl methyl sites for hydroxylation is 1. The number of carbonyl (C=O) groups excluding carboxylic acids is 1. The topological polar surface area (TPSA) is 46.9 Å². The molecule has 0 saturated heterocycles. The van der Waals surface area contributed by atoms with E-state index in [0.717, 1.165) is 0 Å². The molecule has 1 N–H and O–H groups in total. The number of likely N-dealkylation sites (N-methyl/N-ethyl adjacent to an activating group) is 1. The van der Waals surface area contributed by atoms with E-state index in [0.29, 0.717) is 12.2 Å². The first-order chi connectivity index (χ1) is 5.24. The van der Waals surface area contributed by atoms with Gasteiger partial charge in [-0.3, -0.25) is 9.48 Å². The summed E-state index contributed by atoms with van der Waals surface area (Å²) in [6, 6.07) is 1.71. The van der Waals surface area contributed by atoms with E-state index in [1.807, 2.05) is 0 Å². The van der Waals surface area contributed by atoms with Crippen LogP contribution in [0.4, 0.5) is 0 Å². The molecule has 1 aromatic heterocycles. The molecule has 60 valence electrons. The van der Waals surface area contributed by atoms with Crippen LogP contribution in [0.3, 0.4) is 0 Å². The molecule has 0 saturated carbocycles. The van der Waals surface area contributed by atoms with Gasteiger partial charge in [-0.1, -0.05) is 0 Å². The fourth-order valence-electron chi connectivity index (χ4n) is 0.815. The van der Waals surface area contributed by atoms with Crippen molar-refractivity contribution < 1.29 is 4.79 Å². The fourth-order valence-corrected chi connectivity index (χ4v) is 0.815. The van der Waals surface area contributed by atoms with Crippen molar-refractivity contribution in [2.24, 2.45) is 7.05 Å². The van der Waals surface area contributed by atoms with E-state index >= 15 is 0 Å². The predicted octanol–water partition coefficient (Wildman–Crippen LogP) is -0.178. The van der Waals surface area contributed by atoms with Crippen molar-refractivity contribution >= 4 is 5.78 Å². The highest BCUT2D eigenvalue weighted by atomic mass is 16.1. The average Bonchev–Trinajstić information content (AvgIpc) is 2.36. The van der Waals surface area contributed by atoms with Gasteiger partial charge in [-0.25, -0.2) is 0 Å². The minimum absolute atomic E-state index is 0.0214. The lowest BCUT2D eigenvalue weighted by Gasteiger charge is -1.93. The number of hydrogen-bond donors (Lipinski definition) is 1. The van der Waals surface area contributed by atoms with Crippen LogP contribution in [-0.4, -0.2) is 29.2 Å². The SMILES string of the molecule is CNCC(=O)c1ccn(C)n1. The molecule has 0 atom stereocenters. The van der Waals surface area contributed by atoms with E-state index in [9.17, 15) is 4.79 Å². The molecule has 11 heavy (non-hydrogen) atoms. The van der Waals surface area contributed by atoms with Crippen LogP contribution in [0.2, 0.25) is 0 Å². The summed E-state index contributed by atoms with van der Waals surface area (Å²) < 4.78 is 1.61. The highest BCUT2D eigenvalue weighted by molar-refractivity contribution is 5.95. The second kappa shape index (κ2) is 3.30. The number of nitrogens with one attached hydrogen (secondary N) is 1. The molecule has 0 radical (unpaired) electrons. The fraction of sp³-hybridized carbons (Fsp3) is 0.429. The average molecular weight is 153 g/mol. The maximum atomic E-state index is 11.1. The summed E-state index contributed by atoms with van der Waals surface area (Å²) >= 11 is 0. The van der Waals surface area contributed by atoms with Gasteiger partial charge in [0.1, 0.15) is 5.69 Å². The maximum Gasteiger partial charge on any atom is 0.196 e. The minimum atomic E-state index is 0.0214. The van der Waals surface area contributed by atoms with Gasteiger partial charge >= 0.3 is 0 Å². The molecule has 0 unspecified atom stereocenters. The second-order valence-electron chi connectivity index (χ2n) is 2.33. The summed E-state index contributed by atoms with van der Waals surface area (Å²) in [4.78, 5) is 11.1. The first kappa shape index (κ1) is 7.94. The molecular weight excluding hydrogens is 142 g/mol. The van der Waals surface area contributed by atoms with E-state index in [1.54, 1.807) is 31.0 Å². The van der Waals surface area contributed by atoms with E-state index in [1.165, 1.54) is 0 Å². The lowest BCUT2D eigenvalue weighted by molar-refractivity contribution is 0.0988. The molecule has 0 bridgehead atoms. The second-order valence-corrected chi connectivity index (χ2v) is 2.33. The molecule has 4 heteroatoms. The van der Waals surface area contributed by atoms with Gasteiger partial charge in [0.25, 0.3) is 0 Å². The number of carbonyl (C=O) groups is 1. The van der Waals surface area contributed by atoms with Crippen molar-refractivity contribution in [3.8, 4) is 0 Å². The number of rotatable bonds is 3. The molecule has 1 heterocycles. The molecule has 0 aliphatic heterocycles. The van der Waals surface area contributed by atoms with Crippen LogP contribution < -0.4 is 5.32 Å². The zero-order valence-corrected chi connectivity index (χ0v) is 6.66. The number of nitrogens with zero attached hydrogens (tertiary/aromatic N) is 2. The summed E-state index contributed by atoms with van der Waals surface area (Å²) in [5.41, 5.74) is 0.516. The van der Waals surface area contributed by atoms with Crippen molar-refractivity contribution in [2.75, 3.05) is 13.6 Å². The van der Waals surface area contributed by atoms with E-state index in [2.05, 4.69) is 10.4 Å². The predicted molar refractivity (Wildman–Crippen MR) is 41.5 cm³/mol. The Balaban J connectivity index is 2.69. The number of aromatic nitrogens is 2. The molecule has 0 spiro atoms. The van der Waals surface area contributed by atoms with Crippen molar-refractivity contribution in [2.45, 2.75) is 0 Å². The van der Waals surface area contributed by atoms with E-state index in [4.69, 9.17) is 0 Å². The molecule has 0 amide bonds. The Morgan fingerprint density at radius 2 is 2.55 bits per heavy atom. The zero-order valence-electron chi connectivity index (χ0n) is 6.66. The molecule has 0 aromatic carbocycles. The Hall–Kier alpha value is -1.16. The van der Waals surface area contributed by atoms with Crippen LogP contribution in [0, 0.1) is 0 Å². The number of Topliss-reactive ketones (excluding diaryl/α,β-unsaturated/α-hetero) is 1. The van der Waals surface area contributed by atoms with E-state index in [-0.39, 0.29) is 5.78 Å². The number of hydrogen-bond acceptors (Lipinski definition) is 3. The van der Waals surface area contributed by atoms with Crippen LogP contribution >= 0.6 is 0 Å². The maximum absolute atomic E-state index is 11.1. The standard InChI is InChI=1S/C7H11N3O/c1-8-5-7(11)6-3-4-10(2)9-6/h3-4,8H,5H2,1-2H3. The van der Waals surface area contributed by atoms with Crippen molar-refractivity contribution in [3.05, 3.63) is 18.0 Å². The third-order valence-electron chi connectivity index (χ3n) is 1.34. The summed E-state index contributed by atoms with van der Waals surface area (Å²) in [7, 11) is 3.52. The summed E-state index contributed by atoms with van der Waals surface area (Å²) in [5.74, 6) is 0.0214. The normalized spacial score (nSPS) is 10.0. The smallest absolute Gasteiger partial charge is 0.196 e. The van der Waals surface area contributed by atoms with Crippen LogP contribution in [0.15, 0.2) is 12.3 Å². The first-order valence-corrected chi connectivity index (χ1v) is 3.41. The molecule has 0 aliphatic rings. The van der Waals surface area contributed by atoms with Gasteiger partial charge in [0.2, 0.25) is 0 Å². The summed E-state index contributed by atoms with van der Waals surface area (Å²) in [5, 5.41) is 6.73. The van der Waals surface area contributed by atoms with Gasteiger partial charge in [-0.15, -0.1) is 0 Å². The summed E-state index contributed by atoms with van der Waals surface area (Å²) in [6.07, 6.45) is 1.75. The summed E-state index contributed by atoms with van der Waals surface area (Å²) in [6.45, 7) is 0.344. The third-order valence-corrected chi connectivity index (χ3v) is 1.34. The monoisotopic (exact) mass is 153 g/mol. The van der Waals surface area contributed by atoms with Crippen LogP contribution in [0.5, 0.6) is 0 Å². The molecule has 0 aliphatic carbocycles. The van der Waals surface area contributed by atoms with Crippen molar-refractivity contribution in [3.63, 3.8) is 0 Å². The Morgan fingerprint density at radius 3 is 3.00 bits per heavy atom. The van der Waals surface area contributed by atoms with Crippen molar-refractivity contribution in [1.29, 1.82) is 0 Å². The lowest BCUT2D eigenvalue weighted by Crippen LogP contribution is -2.19.